The van der Waals surface area contributed by atoms with Crippen LogP contribution in [0.4, 0.5) is 10.5 Å². The average molecular weight is 643 g/mol. The van der Waals surface area contributed by atoms with Crippen LogP contribution in [0.25, 0.3) is 0 Å². The van der Waals surface area contributed by atoms with Gasteiger partial charge in [0.25, 0.3) is 0 Å². The van der Waals surface area contributed by atoms with Crippen LogP contribution in [0.15, 0.2) is 24.3 Å². The van der Waals surface area contributed by atoms with Gasteiger partial charge in [-0.25, -0.2) is 21.6 Å². The number of hydrogen-bond donors (Lipinski definition) is 0. The third-order valence-corrected chi connectivity index (χ3v) is 8.37. The summed E-state index contributed by atoms with van der Waals surface area (Å²) >= 11 is 0. The summed E-state index contributed by atoms with van der Waals surface area (Å²) in [6.07, 6.45) is 12.2. The number of rotatable bonds is 23. The van der Waals surface area contributed by atoms with E-state index >= 15 is 0 Å². The summed E-state index contributed by atoms with van der Waals surface area (Å²) in [6.45, 7) is 6.81. The number of benzene rings is 1. The fourth-order valence-corrected chi connectivity index (χ4v) is 5.63. The first-order valence-electron chi connectivity index (χ1n) is 14.8. The molecular weight excluding hydrogens is 593 g/mol. The van der Waals surface area contributed by atoms with E-state index in [9.17, 15) is 30.7 Å². The summed E-state index contributed by atoms with van der Waals surface area (Å²) in [6, 6.07) is 6.68. The first kappa shape index (κ1) is 41.1. The van der Waals surface area contributed by atoms with Crippen LogP contribution in [-0.4, -0.2) is 62.3 Å². The number of carbonyl (C=O) groups is 1. The molecule has 42 heavy (non-hydrogen) atoms. The van der Waals surface area contributed by atoms with Crippen molar-refractivity contribution < 1.29 is 69.8 Å². The van der Waals surface area contributed by atoms with Crippen LogP contribution in [0.3, 0.4) is 0 Å². The molecule has 0 aliphatic rings. The predicted octanol–water partition coefficient (Wildman–Crippen LogP) is 3.36. The van der Waals surface area contributed by atoms with Crippen LogP contribution < -0.4 is 39.2 Å². The number of nitrogens with zero attached hydrogens (tertiary/aromatic N) is 1. The SMILES string of the molecule is CCCCCCCCCCCC(C)(C)OC(=O)Oc1ccc(N(CCCCS(=O)(=O)[O-])CCCCS(=O)(=O)[O-])cc1.[Na+]. The van der Waals surface area contributed by atoms with E-state index in [1.54, 1.807) is 24.3 Å². The molecule has 13 heteroatoms. The van der Waals surface area contributed by atoms with Crippen molar-refractivity contribution in [3.63, 3.8) is 0 Å². The maximum atomic E-state index is 12.4. The molecule has 0 N–H and O–H groups in total. The van der Waals surface area contributed by atoms with E-state index in [1.165, 1.54) is 44.9 Å². The number of hydrogen-bond acceptors (Lipinski definition) is 10. The molecule has 0 aromatic heterocycles. The second-order valence-corrected chi connectivity index (χ2v) is 14.3. The van der Waals surface area contributed by atoms with Crippen molar-refractivity contribution in [3.05, 3.63) is 24.3 Å². The van der Waals surface area contributed by atoms with Gasteiger partial charge in [0.05, 0.1) is 20.2 Å². The molecule has 0 saturated heterocycles. The van der Waals surface area contributed by atoms with Gasteiger partial charge in [-0.3, -0.25) is 0 Å². The second-order valence-electron chi connectivity index (χ2n) is 11.2. The van der Waals surface area contributed by atoms with Gasteiger partial charge in [0, 0.05) is 30.3 Å². The molecule has 0 amide bonds. The Morgan fingerprint density at radius 3 is 1.64 bits per heavy atom. The van der Waals surface area contributed by atoms with Crippen LogP contribution in [-0.2, 0) is 25.0 Å². The normalized spacial score (nSPS) is 12.0. The number of unbranched alkanes of at least 4 members (excludes halogenated alkanes) is 10. The maximum absolute atomic E-state index is 12.4. The van der Waals surface area contributed by atoms with Gasteiger partial charge in [-0.05, 0) is 76.6 Å². The molecule has 0 atom stereocenters. The van der Waals surface area contributed by atoms with Crippen LogP contribution in [0.2, 0.25) is 0 Å². The Morgan fingerprint density at radius 2 is 1.19 bits per heavy atom. The van der Waals surface area contributed by atoms with E-state index in [-0.39, 0.29) is 42.4 Å². The Balaban J connectivity index is 0.0000168. The molecule has 0 fully saturated rings. The molecular formula is C29H49NNaO9S2-. The molecule has 1 rings (SSSR count). The molecule has 0 radical (unpaired) electrons. The monoisotopic (exact) mass is 642 g/mol. The summed E-state index contributed by atoms with van der Waals surface area (Å²) in [7, 11) is -8.60. The quantitative estimate of drug-likeness (QED) is 0.0571. The molecule has 1 aromatic rings. The minimum Gasteiger partial charge on any atom is -0.748 e. The zero-order valence-corrected chi connectivity index (χ0v) is 29.6. The van der Waals surface area contributed by atoms with E-state index in [0.717, 1.165) is 24.9 Å². The Bertz CT molecular complexity index is 1040. The molecule has 0 bridgehead atoms. The zero-order chi connectivity index (χ0) is 30.8. The van der Waals surface area contributed by atoms with E-state index in [2.05, 4.69) is 6.92 Å². The summed E-state index contributed by atoms with van der Waals surface area (Å²) in [5.41, 5.74) is 0.0933. The van der Waals surface area contributed by atoms with E-state index < -0.39 is 43.5 Å². The minimum atomic E-state index is -4.30. The standard InChI is InChI=1S/C29H51NO9S2.Na/c1-4-5-6-7-8-9-10-11-12-21-29(2,3)39-28(31)38-27-19-17-26(18-20-27)30(22-13-15-24-40(32,33)34)23-14-16-25-41(35,36)37;/h17-20H,4-16,21-25H2,1-3H3,(H,32,33,34)(H,35,36,37);/q;+1/p-2. The number of ether oxygens (including phenoxy) is 2. The van der Waals surface area contributed by atoms with Crippen LogP contribution in [0.5, 0.6) is 5.75 Å². The van der Waals surface area contributed by atoms with Gasteiger partial charge < -0.3 is 23.5 Å². The maximum Gasteiger partial charge on any atom is 1.00 e. The Hall–Kier alpha value is -0.890. The molecule has 238 valence electrons. The summed E-state index contributed by atoms with van der Waals surface area (Å²) < 4.78 is 76.2. The van der Waals surface area contributed by atoms with Gasteiger partial charge in [-0.1, -0.05) is 58.3 Å². The average Bonchev–Trinajstić information content (AvgIpc) is 2.85. The van der Waals surface area contributed by atoms with E-state index in [1.807, 2.05) is 18.7 Å². The molecule has 0 spiro atoms. The largest absolute Gasteiger partial charge is 1.00 e. The predicted molar refractivity (Wildman–Crippen MR) is 159 cm³/mol. The van der Waals surface area contributed by atoms with Crippen molar-refractivity contribution in [2.75, 3.05) is 29.5 Å². The third-order valence-electron chi connectivity index (χ3n) is 6.79. The van der Waals surface area contributed by atoms with Crippen LogP contribution in [0, 0.1) is 0 Å². The van der Waals surface area contributed by atoms with Crippen molar-refractivity contribution in [2.45, 2.75) is 116 Å². The number of carbonyl (C=O) groups excluding carboxylic acids is 1. The van der Waals surface area contributed by atoms with E-state index in [4.69, 9.17) is 9.47 Å². The smallest absolute Gasteiger partial charge is 0.748 e. The van der Waals surface area contributed by atoms with Gasteiger partial charge in [-0.2, -0.15) is 0 Å². The molecule has 0 unspecified atom stereocenters. The molecule has 0 heterocycles. The van der Waals surface area contributed by atoms with Crippen molar-refractivity contribution in [2.24, 2.45) is 0 Å². The van der Waals surface area contributed by atoms with Gasteiger partial charge >= 0.3 is 35.7 Å². The van der Waals surface area contributed by atoms with Gasteiger partial charge in [-0.15, -0.1) is 0 Å². The van der Waals surface area contributed by atoms with Gasteiger partial charge in [0.1, 0.15) is 11.4 Å². The summed E-state index contributed by atoms with van der Waals surface area (Å²) in [5.74, 6) is -0.619. The van der Waals surface area contributed by atoms with Crippen LogP contribution in [0.1, 0.15) is 111 Å². The fourth-order valence-electron chi connectivity index (χ4n) is 4.51. The molecule has 10 nitrogen and oxygen atoms in total. The first-order chi connectivity index (χ1) is 19.2. The topological polar surface area (TPSA) is 153 Å². The van der Waals surface area contributed by atoms with Crippen molar-refractivity contribution >= 4 is 32.1 Å². The summed E-state index contributed by atoms with van der Waals surface area (Å²) in [5, 5.41) is 0. The van der Waals surface area contributed by atoms with Crippen molar-refractivity contribution in [1.82, 2.24) is 0 Å². The Kier molecular flexibility index (Phi) is 21.3. The van der Waals surface area contributed by atoms with Crippen molar-refractivity contribution in [3.8, 4) is 5.75 Å². The van der Waals surface area contributed by atoms with Gasteiger partial charge in [0.15, 0.2) is 0 Å². The Labute approximate surface area is 276 Å². The fraction of sp³-hybridized carbons (Fsp3) is 0.759. The van der Waals surface area contributed by atoms with Crippen molar-refractivity contribution in [1.29, 1.82) is 0 Å². The molecule has 0 aliphatic heterocycles. The molecule has 0 saturated carbocycles. The van der Waals surface area contributed by atoms with Gasteiger partial charge in [0.2, 0.25) is 0 Å². The third kappa shape index (κ3) is 22.6. The van der Waals surface area contributed by atoms with Crippen LogP contribution >= 0.6 is 0 Å². The minimum absolute atomic E-state index is 0. The number of anilines is 1. The zero-order valence-electron chi connectivity index (χ0n) is 26.0. The molecule has 0 aliphatic carbocycles. The van der Waals surface area contributed by atoms with E-state index in [0.29, 0.717) is 31.7 Å². The Morgan fingerprint density at radius 1 is 0.738 bits per heavy atom. The summed E-state index contributed by atoms with van der Waals surface area (Å²) in [4.78, 5) is 14.3. The molecule has 1 aromatic carbocycles. The second kappa shape index (κ2) is 21.8. The first-order valence-corrected chi connectivity index (χ1v) is 18.0.